The number of benzene rings is 1. The highest BCUT2D eigenvalue weighted by Gasteiger charge is 2.34. The van der Waals surface area contributed by atoms with Gasteiger partial charge in [0.1, 0.15) is 6.61 Å². The molecule has 1 aromatic carbocycles. The molecule has 8 nitrogen and oxygen atoms in total. The van der Waals surface area contributed by atoms with Crippen molar-refractivity contribution in [1.82, 2.24) is 9.55 Å². The van der Waals surface area contributed by atoms with Gasteiger partial charge in [-0.25, -0.2) is 9.78 Å². The van der Waals surface area contributed by atoms with Gasteiger partial charge in [-0.1, -0.05) is 13.8 Å². The number of carbonyl (C=O) groups excluding carboxylic acids is 1. The van der Waals surface area contributed by atoms with E-state index in [0.29, 0.717) is 40.6 Å². The maximum atomic E-state index is 13.0. The van der Waals surface area contributed by atoms with Crippen LogP contribution in [-0.4, -0.2) is 27.4 Å². The zero-order valence-corrected chi connectivity index (χ0v) is 16.8. The zero-order chi connectivity index (χ0) is 21.2. The average molecular weight is 408 g/mol. The lowest BCUT2D eigenvalue weighted by molar-refractivity contribution is -0.157. The van der Waals surface area contributed by atoms with E-state index >= 15 is 0 Å². The molecule has 1 N–H and O–H groups in total. The quantitative estimate of drug-likeness (QED) is 0.446. The summed E-state index contributed by atoms with van der Waals surface area (Å²) in [5.41, 5.74) is 4.29. The Morgan fingerprint density at radius 1 is 1.07 bits per heavy atom. The van der Waals surface area contributed by atoms with Gasteiger partial charge in [-0.2, -0.15) is 0 Å². The molecule has 0 amide bonds. The van der Waals surface area contributed by atoms with Gasteiger partial charge >= 0.3 is 5.97 Å². The highest BCUT2D eigenvalue weighted by Crippen LogP contribution is 2.41. The van der Waals surface area contributed by atoms with Crippen LogP contribution in [0.4, 0.5) is 0 Å². The first-order valence-electron chi connectivity index (χ1n) is 9.87. The van der Waals surface area contributed by atoms with Crippen LogP contribution in [0.3, 0.4) is 0 Å². The summed E-state index contributed by atoms with van der Waals surface area (Å²) >= 11 is 0. The lowest BCUT2D eigenvalue weighted by atomic mass is 9.99. The molecule has 154 valence electrons. The maximum Gasteiger partial charge on any atom is 0.340 e. The molecule has 8 heteroatoms. The molecular weight excluding hydrogens is 388 g/mol. The highest BCUT2D eigenvalue weighted by molar-refractivity contribution is 5.90. The zero-order valence-electron chi connectivity index (χ0n) is 16.8. The van der Waals surface area contributed by atoms with Crippen molar-refractivity contribution in [1.29, 1.82) is 0 Å². The second-order valence-corrected chi connectivity index (χ2v) is 7.15. The molecule has 30 heavy (non-hydrogen) atoms. The van der Waals surface area contributed by atoms with Crippen molar-refractivity contribution in [2.75, 3.05) is 6.79 Å². The lowest BCUT2D eigenvalue weighted by Gasteiger charge is -2.21. The van der Waals surface area contributed by atoms with E-state index in [4.69, 9.17) is 19.2 Å². The molecule has 3 aliphatic rings. The van der Waals surface area contributed by atoms with Crippen LogP contribution in [0.1, 0.15) is 42.2 Å². The summed E-state index contributed by atoms with van der Waals surface area (Å²) in [6.07, 6.45) is -1.46. The van der Waals surface area contributed by atoms with Gasteiger partial charge in [0.15, 0.2) is 17.6 Å². The molecule has 1 atom stereocenters. The number of pyridine rings is 2. The van der Waals surface area contributed by atoms with Crippen molar-refractivity contribution in [3.63, 3.8) is 0 Å². The Hall–Kier alpha value is -3.39. The minimum Gasteiger partial charge on any atom is -0.458 e. The number of carbonyl (C=O) groups is 1. The first kappa shape index (κ1) is 18.6. The molecule has 0 spiro atoms. The van der Waals surface area contributed by atoms with E-state index in [2.05, 4.69) is 0 Å². The Balaban J connectivity index is 0.000000937. The van der Waals surface area contributed by atoms with E-state index in [1.165, 1.54) is 0 Å². The van der Waals surface area contributed by atoms with Gasteiger partial charge < -0.3 is 23.9 Å². The summed E-state index contributed by atoms with van der Waals surface area (Å²) in [5.74, 6) is 0.572. The summed E-state index contributed by atoms with van der Waals surface area (Å²) in [6, 6.07) is 5.42. The van der Waals surface area contributed by atoms with Crippen molar-refractivity contribution in [2.45, 2.75) is 40.0 Å². The molecule has 3 aromatic rings. The van der Waals surface area contributed by atoms with E-state index < -0.39 is 12.1 Å². The Bertz CT molecular complexity index is 1290. The third-order valence-corrected chi connectivity index (χ3v) is 5.74. The summed E-state index contributed by atoms with van der Waals surface area (Å²) in [7, 11) is 0. The number of cyclic esters (lactones) is 1. The van der Waals surface area contributed by atoms with Crippen LogP contribution in [-0.2, 0) is 22.7 Å². The molecular formula is C22H20N2O6. The predicted molar refractivity (Wildman–Crippen MR) is 108 cm³/mol. The maximum absolute atomic E-state index is 13.0. The molecule has 0 bridgehead atoms. The monoisotopic (exact) mass is 408 g/mol. The second-order valence-electron chi connectivity index (χ2n) is 7.15. The molecule has 0 fully saturated rings. The number of hydrogen-bond donors (Lipinski definition) is 1. The fourth-order valence-electron chi connectivity index (χ4n) is 4.22. The molecule has 3 aliphatic heterocycles. The number of aromatic nitrogens is 2. The molecule has 0 radical (unpaired) electrons. The summed E-state index contributed by atoms with van der Waals surface area (Å²) < 4.78 is 17.5. The Morgan fingerprint density at radius 3 is 2.57 bits per heavy atom. The van der Waals surface area contributed by atoms with E-state index in [-0.39, 0.29) is 19.0 Å². The number of nitrogens with zero attached hydrogens (tertiary/aromatic N) is 2. The van der Waals surface area contributed by atoms with Crippen LogP contribution in [0.15, 0.2) is 23.0 Å². The van der Waals surface area contributed by atoms with E-state index in [1.807, 2.05) is 32.9 Å². The van der Waals surface area contributed by atoms with Gasteiger partial charge in [-0.3, -0.25) is 4.79 Å². The van der Waals surface area contributed by atoms with Gasteiger partial charge in [-0.15, -0.1) is 0 Å². The number of aryl methyl sites for hydroxylation is 1. The number of hydrogen-bond acceptors (Lipinski definition) is 7. The second kappa shape index (κ2) is 6.56. The number of aliphatic hydroxyl groups excluding tert-OH is 1. The van der Waals surface area contributed by atoms with Crippen molar-refractivity contribution in [2.24, 2.45) is 0 Å². The van der Waals surface area contributed by atoms with Crippen molar-refractivity contribution < 1.29 is 24.1 Å². The van der Waals surface area contributed by atoms with E-state index in [9.17, 15) is 14.7 Å². The van der Waals surface area contributed by atoms with Gasteiger partial charge in [0.25, 0.3) is 5.56 Å². The Kier molecular flexibility index (Phi) is 4.08. The molecule has 5 heterocycles. The number of esters is 1. The summed E-state index contributed by atoms with van der Waals surface area (Å²) in [6.45, 7) is 6.42. The normalized spacial score (nSPS) is 17.6. The van der Waals surface area contributed by atoms with Crippen molar-refractivity contribution >= 4 is 16.9 Å². The van der Waals surface area contributed by atoms with Crippen LogP contribution >= 0.6 is 0 Å². The Morgan fingerprint density at radius 2 is 1.80 bits per heavy atom. The minimum atomic E-state index is -1.46. The van der Waals surface area contributed by atoms with Gasteiger partial charge in [-0.05, 0) is 24.6 Å². The van der Waals surface area contributed by atoms with E-state index in [1.54, 1.807) is 10.6 Å². The fourth-order valence-corrected chi connectivity index (χ4v) is 4.22. The molecule has 0 aliphatic carbocycles. The SMILES string of the molecule is CC.Cc1c2c(nc3cc4c(cc13)OCO4)-c1cc3c(c(=O)n1C2)COC(=O)C3O. The standard InChI is InChI=1S/C20H14N2O6.C2H6/c1-8-9-3-15-16(28-7-27-15)4-13(9)21-17-11(8)5-22-14(17)2-10-12(19(22)24)6-26-20(25)18(10)23;1-2/h2-4,18,23H,5-7H2,1H3;1-2H3. The molecule has 0 saturated heterocycles. The van der Waals surface area contributed by atoms with Crippen LogP contribution in [0.25, 0.3) is 22.3 Å². The largest absolute Gasteiger partial charge is 0.458 e. The molecule has 2 aromatic heterocycles. The fraction of sp³-hybridized carbons (Fsp3) is 0.318. The van der Waals surface area contributed by atoms with Crippen molar-refractivity contribution in [3.05, 3.63) is 50.8 Å². The smallest absolute Gasteiger partial charge is 0.340 e. The molecule has 6 rings (SSSR count). The third-order valence-electron chi connectivity index (χ3n) is 5.74. The van der Waals surface area contributed by atoms with Gasteiger partial charge in [0.05, 0.1) is 29.0 Å². The van der Waals surface area contributed by atoms with Gasteiger partial charge in [0, 0.05) is 22.6 Å². The third kappa shape index (κ3) is 2.40. The van der Waals surface area contributed by atoms with E-state index in [0.717, 1.165) is 22.0 Å². The average Bonchev–Trinajstić information content (AvgIpc) is 3.36. The van der Waals surface area contributed by atoms with Crippen LogP contribution in [0.5, 0.6) is 11.5 Å². The number of ether oxygens (including phenoxy) is 3. The lowest BCUT2D eigenvalue weighted by Crippen LogP contribution is -2.32. The van der Waals surface area contributed by atoms with Crippen LogP contribution < -0.4 is 15.0 Å². The summed E-state index contributed by atoms with van der Waals surface area (Å²) in [5, 5.41) is 11.1. The first-order valence-corrected chi connectivity index (χ1v) is 9.87. The Labute approximate surface area is 171 Å². The summed E-state index contributed by atoms with van der Waals surface area (Å²) in [4.78, 5) is 29.5. The molecule has 1 unspecified atom stereocenters. The number of aliphatic hydroxyl groups is 1. The van der Waals surface area contributed by atoms with Gasteiger partial charge in [0.2, 0.25) is 6.79 Å². The highest BCUT2D eigenvalue weighted by atomic mass is 16.7. The van der Waals surface area contributed by atoms with Crippen LogP contribution in [0.2, 0.25) is 0 Å². The molecule has 0 saturated carbocycles. The first-order chi connectivity index (χ1) is 14.5. The topological polar surface area (TPSA) is 99.9 Å². The number of fused-ring (bicyclic) bond motifs is 6. The predicted octanol–water partition coefficient (Wildman–Crippen LogP) is 2.58. The van der Waals surface area contributed by atoms with Crippen LogP contribution in [0, 0.1) is 6.92 Å². The van der Waals surface area contributed by atoms with Crippen molar-refractivity contribution in [3.8, 4) is 22.9 Å². The minimum absolute atomic E-state index is 0.129. The number of rotatable bonds is 0.